The highest BCUT2D eigenvalue weighted by molar-refractivity contribution is 5.85. The molecule has 1 aromatic rings. The quantitative estimate of drug-likeness (QED) is 0.805. The van der Waals surface area contributed by atoms with Crippen molar-refractivity contribution >= 4 is 17.8 Å². The van der Waals surface area contributed by atoms with Crippen LogP contribution in [0.5, 0.6) is 0 Å². The maximum Gasteiger partial charge on any atom is 0.316 e. The first kappa shape index (κ1) is 18.0. The average molecular weight is 333 g/mol. The molecule has 0 saturated carbocycles. The number of ether oxygens (including phenoxy) is 1. The normalized spacial score (nSPS) is 16.5. The van der Waals surface area contributed by atoms with E-state index in [0.717, 1.165) is 5.56 Å². The minimum atomic E-state index is -0.981. The van der Waals surface area contributed by atoms with Crippen molar-refractivity contribution in [3.63, 3.8) is 0 Å². The van der Waals surface area contributed by atoms with Crippen LogP contribution in [0.1, 0.15) is 38.2 Å². The predicted octanol–water partition coefficient (Wildman–Crippen LogP) is 1.97. The summed E-state index contributed by atoms with van der Waals surface area (Å²) in [5.74, 6) is -1.41. The summed E-state index contributed by atoms with van der Waals surface area (Å²) in [7, 11) is 0. The Balaban J connectivity index is 2.11. The van der Waals surface area contributed by atoms with Crippen LogP contribution in [0.2, 0.25) is 0 Å². The Morgan fingerprint density at radius 3 is 2.29 bits per heavy atom. The molecule has 1 aromatic carbocycles. The Morgan fingerprint density at radius 1 is 1.12 bits per heavy atom. The van der Waals surface area contributed by atoms with Crippen LogP contribution in [0.25, 0.3) is 0 Å². The number of hydrogen-bond donors (Lipinski definition) is 1. The third kappa shape index (κ3) is 3.93. The number of esters is 1. The number of nitrogens with zero attached hydrogens (tertiary/aromatic N) is 1. The summed E-state index contributed by atoms with van der Waals surface area (Å²) >= 11 is 0. The highest BCUT2D eigenvalue weighted by atomic mass is 16.5. The van der Waals surface area contributed by atoms with E-state index in [-0.39, 0.29) is 24.7 Å². The molecule has 0 bridgehead atoms. The molecule has 0 radical (unpaired) electrons. The molecule has 6 heteroatoms. The number of piperidine rings is 1. The molecule has 1 aliphatic rings. The van der Waals surface area contributed by atoms with Gasteiger partial charge in [0.15, 0.2) is 0 Å². The number of carbonyl (C=O) groups is 3. The molecule has 0 spiro atoms. The lowest BCUT2D eigenvalue weighted by atomic mass is 9.72. The van der Waals surface area contributed by atoms with Crippen molar-refractivity contribution in [3.8, 4) is 0 Å². The highest BCUT2D eigenvalue weighted by Crippen LogP contribution is 2.37. The Hall–Kier alpha value is -2.37. The van der Waals surface area contributed by atoms with Crippen LogP contribution in [0, 0.1) is 0 Å². The van der Waals surface area contributed by atoms with Crippen LogP contribution in [0.15, 0.2) is 30.3 Å². The van der Waals surface area contributed by atoms with Crippen LogP contribution in [-0.4, -0.2) is 47.5 Å². The number of likely N-dealkylation sites (tertiary alicyclic amines) is 1. The van der Waals surface area contributed by atoms with Gasteiger partial charge in [-0.2, -0.15) is 0 Å². The van der Waals surface area contributed by atoms with Crippen molar-refractivity contribution < 1.29 is 24.2 Å². The zero-order valence-corrected chi connectivity index (χ0v) is 13.9. The van der Waals surface area contributed by atoms with E-state index < -0.39 is 11.4 Å². The fourth-order valence-electron chi connectivity index (χ4n) is 3.15. The molecule has 1 amide bonds. The van der Waals surface area contributed by atoms with Crippen molar-refractivity contribution in [1.82, 2.24) is 4.90 Å². The Kier molecular flexibility index (Phi) is 5.95. The molecule has 0 atom stereocenters. The molecule has 2 rings (SSSR count). The number of hydrogen-bond acceptors (Lipinski definition) is 4. The first-order valence-electron chi connectivity index (χ1n) is 8.22. The van der Waals surface area contributed by atoms with E-state index in [2.05, 4.69) is 0 Å². The van der Waals surface area contributed by atoms with E-state index in [0.29, 0.717) is 32.5 Å². The lowest BCUT2D eigenvalue weighted by Gasteiger charge is -2.40. The summed E-state index contributed by atoms with van der Waals surface area (Å²) in [6, 6.07) is 9.51. The Bertz CT molecular complexity index is 591. The maximum absolute atomic E-state index is 12.6. The molecule has 6 nitrogen and oxygen atoms in total. The van der Waals surface area contributed by atoms with Crippen molar-refractivity contribution in [2.24, 2.45) is 0 Å². The van der Waals surface area contributed by atoms with Gasteiger partial charge in [0.25, 0.3) is 0 Å². The Labute approximate surface area is 141 Å². The van der Waals surface area contributed by atoms with Crippen LogP contribution < -0.4 is 0 Å². The molecule has 24 heavy (non-hydrogen) atoms. The molecule has 1 saturated heterocycles. The van der Waals surface area contributed by atoms with Gasteiger partial charge in [-0.25, -0.2) is 0 Å². The van der Waals surface area contributed by atoms with E-state index >= 15 is 0 Å². The van der Waals surface area contributed by atoms with E-state index in [1.807, 2.05) is 30.3 Å². The van der Waals surface area contributed by atoms with Crippen LogP contribution >= 0.6 is 0 Å². The molecular weight excluding hydrogens is 310 g/mol. The zero-order chi connectivity index (χ0) is 17.6. The number of benzene rings is 1. The number of carboxylic acid groups (broad SMARTS) is 1. The van der Waals surface area contributed by atoms with Crippen LogP contribution in [0.3, 0.4) is 0 Å². The first-order valence-corrected chi connectivity index (χ1v) is 8.22. The van der Waals surface area contributed by atoms with Crippen molar-refractivity contribution in [3.05, 3.63) is 35.9 Å². The molecule has 1 heterocycles. The highest BCUT2D eigenvalue weighted by Gasteiger charge is 2.44. The first-order chi connectivity index (χ1) is 11.5. The van der Waals surface area contributed by atoms with E-state index in [9.17, 15) is 14.4 Å². The van der Waals surface area contributed by atoms with Gasteiger partial charge in [0.2, 0.25) is 5.91 Å². The van der Waals surface area contributed by atoms with Gasteiger partial charge in [-0.05, 0) is 25.3 Å². The lowest BCUT2D eigenvalue weighted by molar-refractivity contribution is -0.154. The minimum Gasteiger partial charge on any atom is -0.481 e. The van der Waals surface area contributed by atoms with Crippen molar-refractivity contribution in [2.45, 2.75) is 38.0 Å². The fraction of sp³-hybridized carbons (Fsp3) is 0.500. The van der Waals surface area contributed by atoms with E-state index in [1.54, 1.807) is 11.8 Å². The molecular formula is C18H23NO5. The average Bonchev–Trinajstić information content (AvgIpc) is 2.60. The second kappa shape index (κ2) is 7.95. The maximum atomic E-state index is 12.6. The van der Waals surface area contributed by atoms with Gasteiger partial charge in [0.05, 0.1) is 18.4 Å². The van der Waals surface area contributed by atoms with Crippen LogP contribution in [-0.2, 0) is 24.5 Å². The standard InChI is InChI=1S/C18H23NO5/c1-2-24-17(23)18(14-6-4-3-5-7-14)10-12-19(13-11-18)15(20)8-9-16(21)22/h3-7H,2,8-13H2,1H3,(H,21,22). The van der Waals surface area contributed by atoms with Crippen molar-refractivity contribution in [1.29, 1.82) is 0 Å². The van der Waals surface area contributed by atoms with Gasteiger partial charge >= 0.3 is 11.9 Å². The van der Waals surface area contributed by atoms with Gasteiger partial charge in [0.1, 0.15) is 0 Å². The monoisotopic (exact) mass is 333 g/mol. The number of rotatable bonds is 6. The minimum absolute atomic E-state index is 0.00687. The predicted molar refractivity (Wildman–Crippen MR) is 87.4 cm³/mol. The second-order valence-corrected chi connectivity index (χ2v) is 5.94. The second-order valence-electron chi connectivity index (χ2n) is 5.94. The molecule has 0 aliphatic carbocycles. The molecule has 1 aliphatic heterocycles. The number of carboxylic acids is 1. The summed E-state index contributed by atoms with van der Waals surface area (Å²) in [5, 5.41) is 8.69. The number of aliphatic carboxylic acids is 1. The summed E-state index contributed by atoms with van der Waals surface area (Å²) in [4.78, 5) is 36.9. The van der Waals surface area contributed by atoms with Gasteiger partial charge in [0, 0.05) is 19.5 Å². The topological polar surface area (TPSA) is 83.9 Å². The molecule has 1 fully saturated rings. The van der Waals surface area contributed by atoms with Gasteiger partial charge in [-0.3, -0.25) is 14.4 Å². The number of carbonyl (C=O) groups excluding carboxylic acids is 2. The molecule has 1 N–H and O–H groups in total. The Morgan fingerprint density at radius 2 is 1.75 bits per heavy atom. The molecule has 0 aromatic heterocycles. The van der Waals surface area contributed by atoms with E-state index in [1.165, 1.54) is 0 Å². The largest absolute Gasteiger partial charge is 0.481 e. The molecule has 130 valence electrons. The molecule has 0 unspecified atom stereocenters. The summed E-state index contributed by atoms with van der Waals surface area (Å²) < 4.78 is 5.29. The van der Waals surface area contributed by atoms with Gasteiger partial charge < -0.3 is 14.7 Å². The number of amides is 1. The van der Waals surface area contributed by atoms with Gasteiger partial charge in [-0.15, -0.1) is 0 Å². The summed E-state index contributed by atoms with van der Waals surface area (Å²) in [6.45, 7) is 2.94. The third-order valence-electron chi connectivity index (χ3n) is 4.51. The van der Waals surface area contributed by atoms with E-state index in [4.69, 9.17) is 9.84 Å². The zero-order valence-electron chi connectivity index (χ0n) is 13.9. The fourth-order valence-corrected chi connectivity index (χ4v) is 3.15. The van der Waals surface area contributed by atoms with Crippen molar-refractivity contribution in [2.75, 3.05) is 19.7 Å². The third-order valence-corrected chi connectivity index (χ3v) is 4.51. The van der Waals surface area contributed by atoms with Gasteiger partial charge in [-0.1, -0.05) is 30.3 Å². The lowest BCUT2D eigenvalue weighted by Crippen LogP contribution is -2.49. The summed E-state index contributed by atoms with van der Waals surface area (Å²) in [5.41, 5.74) is 0.169. The SMILES string of the molecule is CCOC(=O)C1(c2ccccc2)CCN(C(=O)CCC(=O)O)CC1. The van der Waals surface area contributed by atoms with Crippen LogP contribution in [0.4, 0.5) is 0 Å². The summed E-state index contributed by atoms with van der Waals surface area (Å²) in [6.07, 6.45) is 0.785. The smallest absolute Gasteiger partial charge is 0.316 e.